The summed E-state index contributed by atoms with van der Waals surface area (Å²) in [6.07, 6.45) is 2.49. The van der Waals surface area contributed by atoms with Crippen molar-refractivity contribution in [1.29, 1.82) is 0 Å². The molecule has 27 heavy (non-hydrogen) atoms. The van der Waals surface area contributed by atoms with Gasteiger partial charge in [0.15, 0.2) is 5.11 Å². The van der Waals surface area contributed by atoms with Crippen LogP contribution in [0.25, 0.3) is 0 Å². The Labute approximate surface area is 171 Å². The van der Waals surface area contributed by atoms with Crippen LogP contribution in [0.15, 0.2) is 42.5 Å². The number of thiocarbonyl (C=S) groups is 1. The molecule has 3 rings (SSSR count). The zero-order chi connectivity index (χ0) is 19.2. The van der Waals surface area contributed by atoms with Gasteiger partial charge in [-0.2, -0.15) is 0 Å². The molecule has 0 saturated carbocycles. The number of likely N-dealkylation sites (tertiary alicyclic amines) is 1. The minimum atomic E-state index is 0.276. The molecule has 2 N–H and O–H groups in total. The van der Waals surface area contributed by atoms with Gasteiger partial charge in [0.1, 0.15) is 5.75 Å². The summed E-state index contributed by atoms with van der Waals surface area (Å²) in [5.74, 6) is 0.875. The van der Waals surface area contributed by atoms with Crippen molar-refractivity contribution in [3.05, 3.63) is 58.6 Å². The fourth-order valence-corrected chi connectivity index (χ4v) is 3.80. The van der Waals surface area contributed by atoms with Crippen molar-refractivity contribution in [3.63, 3.8) is 0 Å². The highest BCUT2D eigenvalue weighted by atomic mass is 35.5. The van der Waals surface area contributed by atoms with Crippen molar-refractivity contribution in [2.45, 2.75) is 25.8 Å². The molecule has 6 heteroatoms. The molecule has 1 heterocycles. The van der Waals surface area contributed by atoms with Gasteiger partial charge in [-0.15, -0.1) is 0 Å². The lowest BCUT2D eigenvalue weighted by Crippen LogP contribution is -2.38. The molecule has 0 bridgehead atoms. The Morgan fingerprint density at radius 1 is 1.19 bits per heavy atom. The maximum Gasteiger partial charge on any atom is 0.170 e. The standard InChI is InChI=1S/C21H26ClN3OS/c1-15-18(22)6-5-7-19(15)24-21(27)23-14-20(25-12-3-4-13-25)16-8-10-17(26-2)11-9-16/h5-11,20H,3-4,12-14H2,1-2H3,(H2,23,24,27)/t20-/m1/s1. The number of nitrogens with zero attached hydrogens (tertiary/aromatic N) is 1. The summed E-state index contributed by atoms with van der Waals surface area (Å²) in [7, 11) is 1.69. The van der Waals surface area contributed by atoms with E-state index < -0.39 is 0 Å². The molecule has 0 aromatic heterocycles. The summed E-state index contributed by atoms with van der Waals surface area (Å²) in [6, 6.07) is 14.4. The molecule has 2 aromatic rings. The average molecular weight is 404 g/mol. The Hall–Kier alpha value is -1.82. The fraction of sp³-hybridized carbons (Fsp3) is 0.381. The minimum absolute atomic E-state index is 0.276. The first-order valence-electron chi connectivity index (χ1n) is 9.26. The largest absolute Gasteiger partial charge is 0.497 e. The van der Waals surface area contributed by atoms with Gasteiger partial charge in [-0.05, 0) is 80.5 Å². The molecule has 1 atom stereocenters. The number of methoxy groups -OCH3 is 1. The number of rotatable bonds is 6. The van der Waals surface area contributed by atoms with E-state index in [0.717, 1.165) is 41.7 Å². The van der Waals surface area contributed by atoms with E-state index in [-0.39, 0.29) is 6.04 Å². The lowest BCUT2D eigenvalue weighted by atomic mass is 10.1. The van der Waals surface area contributed by atoms with Crippen LogP contribution >= 0.6 is 23.8 Å². The van der Waals surface area contributed by atoms with Crippen LogP contribution in [0.4, 0.5) is 5.69 Å². The maximum absolute atomic E-state index is 6.20. The van der Waals surface area contributed by atoms with Gasteiger partial charge in [0.2, 0.25) is 0 Å². The van der Waals surface area contributed by atoms with Gasteiger partial charge >= 0.3 is 0 Å². The molecule has 0 aliphatic carbocycles. The first-order chi connectivity index (χ1) is 13.1. The van der Waals surface area contributed by atoms with E-state index in [1.807, 2.05) is 37.3 Å². The predicted molar refractivity (Wildman–Crippen MR) is 117 cm³/mol. The number of ether oxygens (including phenoxy) is 1. The molecule has 144 valence electrons. The van der Waals surface area contributed by atoms with Gasteiger partial charge in [0.05, 0.1) is 13.2 Å². The SMILES string of the molecule is COc1ccc([C@@H](CNC(=S)Nc2cccc(Cl)c2C)N2CCCC2)cc1. The fourth-order valence-electron chi connectivity index (χ4n) is 3.44. The van der Waals surface area contributed by atoms with E-state index in [9.17, 15) is 0 Å². The Morgan fingerprint density at radius 2 is 1.89 bits per heavy atom. The second kappa shape index (κ2) is 9.40. The first kappa shape index (κ1) is 19.9. The van der Waals surface area contributed by atoms with Crippen molar-refractivity contribution in [2.24, 2.45) is 0 Å². The van der Waals surface area contributed by atoms with E-state index in [4.69, 9.17) is 28.6 Å². The molecule has 1 fully saturated rings. The molecule has 4 nitrogen and oxygen atoms in total. The highest BCUT2D eigenvalue weighted by molar-refractivity contribution is 7.80. The lowest BCUT2D eigenvalue weighted by molar-refractivity contribution is 0.246. The molecule has 0 amide bonds. The Balaban J connectivity index is 1.66. The molecular formula is C21H26ClN3OS. The van der Waals surface area contributed by atoms with Crippen LogP contribution in [-0.2, 0) is 0 Å². The predicted octanol–water partition coefficient (Wildman–Crippen LogP) is 4.78. The smallest absolute Gasteiger partial charge is 0.170 e. The van der Waals surface area contributed by atoms with Crippen molar-refractivity contribution < 1.29 is 4.74 Å². The Kier molecular flexibility index (Phi) is 6.94. The third-order valence-corrected chi connectivity index (χ3v) is 5.71. The molecule has 0 radical (unpaired) electrons. The number of hydrogen-bond acceptors (Lipinski definition) is 3. The van der Waals surface area contributed by atoms with E-state index in [0.29, 0.717) is 5.11 Å². The van der Waals surface area contributed by atoms with Crippen molar-refractivity contribution in [2.75, 3.05) is 32.1 Å². The van der Waals surface area contributed by atoms with Crippen LogP contribution in [0.2, 0.25) is 5.02 Å². The van der Waals surface area contributed by atoms with E-state index in [1.165, 1.54) is 18.4 Å². The van der Waals surface area contributed by atoms with Gasteiger partial charge < -0.3 is 15.4 Å². The number of hydrogen-bond donors (Lipinski definition) is 2. The second-order valence-corrected chi connectivity index (χ2v) is 7.59. The number of benzene rings is 2. The quantitative estimate of drug-likeness (QED) is 0.679. The summed E-state index contributed by atoms with van der Waals surface area (Å²) in [5.41, 5.74) is 3.20. The maximum atomic E-state index is 6.20. The summed E-state index contributed by atoms with van der Waals surface area (Å²) >= 11 is 11.7. The monoisotopic (exact) mass is 403 g/mol. The molecular weight excluding hydrogens is 378 g/mol. The van der Waals surface area contributed by atoms with Crippen LogP contribution in [-0.4, -0.2) is 36.8 Å². The highest BCUT2D eigenvalue weighted by Crippen LogP contribution is 2.26. The minimum Gasteiger partial charge on any atom is -0.497 e. The van der Waals surface area contributed by atoms with Gasteiger partial charge in [-0.3, -0.25) is 4.90 Å². The van der Waals surface area contributed by atoms with Gasteiger partial charge in [-0.1, -0.05) is 29.8 Å². The summed E-state index contributed by atoms with van der Waals surface area (Å²) in [4.78, 5) is 2.52. The normalized spacial score (nSPS) is 15.4. The summed E-state index contributed by atoms with van der Waals surface area (Å²) in [5, 5.41) is 7.99. The third-order valence-electron chi connectivity index (χ3n) is 5.05. The van der Waals surface area contributed by atoms with E-state index in [2.05, 4.69) is 27.7 Å². The topological polar surface area (TPSA) is 36.5 Å². The molecule has 0 spiro atoms. The molecule has 1 aliphatic rings. The Bertz CT molecular complexity index is 775. The van der Waals surface area contributed by atoms with Crippen LogP contribution in [0, 0.1) is 6.92 Å². The van der Waals surface area contributed by atoms with Crippen LogP contribution in [0.3, 0.4) is 0 Å². The third kappa shape index (κ3) is 5.12. The number of halogens is 1. The van der Waals surface area contributed by atoms with Gasteiger partial charge in [-0.25, -0.2) is 0 Å². The van der Waals surface area contributed by atoms with Crippen molar-refractivity contribution >= 4 is 34.6 Å². The lowest BCUT2D eigenvalue weighted by Gasteiger charge is -2.29. The number of anilines is 1. The van der Waals surface area contributed by atoms with Crippen molar-refractivity contribution in [3.8, 4) is 5.75 Å². The van der Waals surface area contributed by atoms with Gasteiger partial charge in [0.25, 0.3) is 0 Å². The molecule has 1 saturated heterocycles. The Morgan fingerprint density at radius 3 is 2.56 bits per heavy atom. The van der Waals surface area contributed by atoms with Crippen LogP contribution < -0.4 is 15.4 Å². The van der Waals surface area contributed by atoms with E-state index in [1.54, 1.807) is 7.11 Å². The highest BCUT2D eigenvalue weighted by Gasteiger charge is 2.23. The van der Waals surface area contributed by atoms with Gasteiger partial charge in [0, 0.05) is 17.3 Å². The number of nitrogens with one attached hydrogen (secondary N) is 2. The zero-order valence-electron chi connectivity index (χ0n) is 15.8. The second-order valence-electron chi connectivity index (χ2n) is 6.78. The zero-order valence-corrected chi connectivity index (χ0v) is 17.4. The van der Waals surface area contributed by atoms with Crippen LogP contribution in [0.5, 0.6) is 5.75 Å². The van der Waals surface area contributed by atoms with Crippen molar-refractivity contribution in [1.82, 2.24) is 10.2 Å². The molecule has 1 aliphatic heterocycles. The van der Waals surface area contributed by atoms with Crippen LogP contribution in [0.1, 0.15) is 30.0 Å². The summed E-state index contributed by atoms with van der Waals surface area (Å²) in [6.45, 7) is 4.97. The first-order valence-corrected chi connectivity index (χ1v) is 10.0. The van der Waals surface area contributed by atoms with E-state index >= 15 is 0 Å². The molecule has 0 unspecified atom stereocenters. The average Bonchev–Trinajstić information content (AvgIpc) is 3.20. The summed E-state index contributed by atoms with van der Waals surface area (Å²) < 4.78 is 5.29. The molecule has 2 aromatic carbocycles.